The minimum absolute atomic E-state index is 0.411. The fraction of sp³-hybridized carbons (Fsp3) is 0.500. The number of aliphatic imine (C=N–C) groups is 1. The number of hydrogen-bond acceptors (Lipinski definition) is 4. The van der Waals surface area contributed by atoms with Gasteiger partial charge >= 0.3 is 0 Å². The fourth-order valence-electron chi connectivity index (χ4n) is 0.747. The zero-order valence-electron chi connectivity index (χ0n) is 6.17. The van der Waals surface area contributed by atoms with Crippen molar-refractivity contribution in [1.82, 2.24) is 5.32 Å². The van der Waals surface area contributed by atoms with E-state index in [9.17, 15) is 0 Å². The summed E-state index contributed by atoms with van der Waals surface area (Å²) in [6.07, 6.45) is 0.985. The summed E-state index contributed by atoms with van der Waals surface area (Å²) in [4.78, 5) is 3.85. The quantitative estimate of drug-likeness (QED) is 0.596. The van der Waals surface area contributed by atoms with Gasteiger partial charge in [0, 0.05) is 0 Å². The summed E-state index contributed by atoms with van der Waals surface area (Å²) in [5, 5.41) is 3.11. The largest absolute Gasteiger partial charge is 0.491 e. The summed E-state index contributed by atoms with van der Waals surface area (Å²) in [5.41, 5.74) is 5.55. The van der Waals surface area contributed by atoms with Crippen LogP contribution in [0.1, 0.15) is 6.92 Å². The van der Waals surface area contributed by atoms with Crippen LogP contribution in [0, 0.1) is 0 Å². The van der Waals surface area contributed by atoms with E-state index in [0.717, 1.165) is 0 Å². The van der Waals surface area contributed by atoms with Crippen molar-refractivity contribution in [3.8, 4) is 0 Å². The van der Waals surface area contributed by atoms with Gasteiger partial charge in [-0.3, -0.25) is 0 Å². The highest BCUT2D eigenvalue weighted by molar-refractivity contribution is 6.30. The lowest BCUT2D eigenvalue weighted by molar-refractivity contribution is 0.206. The second-order valence-electron chi connectivity index (χ2n) is 1.98. The molecule has 0 spiro atoms. The Labute approximate surface area is 70.1 Å². The van der Waals surface area contributed by atoms with Gasteiger partial charge < -0.3 is 15.8 Å². The molecule has 0 bridgehead atoms. The highest BCUT2D eigenvalue weighted by Crippen LogP contribution is 2.14. The molecule has 62 valence electrons. The number of rotatable bonds is 2. The van der Waals surface area contributed by atoms with Gasteiger partial charge in [-0.2, -0.15) is 0 Å². The molecule has 0 aliphatic carbocycles. The third-order valence-corrected chi connectivity index (χ3v) is 1.51. The van der Waals surface area contributed by atoms with Crippen molar-refractivity contribution < 1.29 is 4.74 Å². The highest BCUT2D eigenvalue weighted by atomic mass is 35.5. The van der Waals surface area contributed by atoms with Crippen LogP contribution in [0.15, 0.2) is 15.9 Å². The number of nitrogens with one attached hydrogen (secondary N) is 1. The van der Waals surface area contributed by atoms with E-state index < -0.39 is 6.17 Å². The first-order valence-electron chi connectivity index (χ1n) is 3.32. The molecule has 1 rings (SSSR count). The second-order valence-corrected chi connectivity index (χ2v) is 2.36. The Morgan fingerprint density at radius 3 is 3.18 bits per heavy atom. The Bertz CT molecular complexity index is 202. The Morgan fingerprint density at radius 2 is 2.64 bits per heavy atom. The Balaban J connectivity index is 2.69. The van der Waals surface area contributed by atoms with E-state index in [4.69, 9.17) is 22.1 Å². The van der Waals surface area contributed by atoms with Gasteiger partial charge in [0.05, 0.1) is 12.9 Å². The summed E-state index contributed by atoms with van der Waals surface area (Å²) < 4.78 is 5.15. The van der Waals surface area contributed by atoms with Crippen LogP contribution in [-0.4, -0.2) is 19.1 Å². The molecule has 0 fully saturated rings. The average molecular weight is 176 g/mol. The first kappa shape index (κ1) is 8.36. The van der Waals surface area contributed by atoms with Crippen molar-refractivity contribution in [1.29, 1.82) is 0 Å². The van der Waals surface area contributed by atoms with E-state index in [1.54, 1.807) is 0 Å². The van der Waals surface area contributed by atoms with E-state index in [0.29, 0.717) is 17.5 Å². The van der Waals surface area contributed by atoms with E-state index in [1.165, 1.54) is 6.34 Å². The Hall–Kier alpha value is -0.740. The van der Waals surface area contributed by atoms with Crippen LogP contribution in [0.25, 0.3) is 0 Å². The predicted molar refractivity (Wildman–Crippen MR) is 44.1 cm³/mol. The molecule has 0 aromatic carbocycles. The van der Waals surface area contributed by atoms with Crippen molar-refractivity contribution in [2.75, 3.05) is 6.61 Å². The lowest BCUT2D eigenvalue weighted by Gasteiger charge is -2.17. The van der Waals surface area contributed by atoms with E-state index in [-0.39, 0.29) is 0 Å². The maximum Gasteiger partial charge on any atom is 0.170 e. The molecule has 11 heavy (non-hydrogen) atoms. The third kappa shape index (κ3) is 1.85. The zero-order valence-corrected chi connectivity index (χ0v) is 6.93. The molecule has 0 aromatic rings. The van der Waals surface area contributed by atoms with Crippen LogP contribution >= 0.6 is 11.6 Å². The molecule has 4 nitrogen and oxygen atoms in total. The maximum atomic E-state index is 5.73. The zero-order chi connectivity index (χ0) is 8.27. The molecule has 0 aromatic heterocycles. The SMILES string of the molecule is CCOC1=C(Cl)NC=NC1N. The van der Waals surface area contributed by atoms with E-state index in [2.05, 4.69) is 10.3 Å². The smallest absolute Gasteiger partial charge is 0.170 e. The topological polar surface area (TPSA) is 59.6 Å². The predicted octanol–water partition coefficient (Wildman–Crippen LogP) is 0.347. The molecule has 1 aliphatic rings. The summed E-state index contributed by atoms with van der Waals surface area (Å²) in [6.45, 7) is 2.40. The van der Waals surface area contributed by atoms with Crippen molar-refractivity contribution in [3.63, 3.8) is 0 Å². The van der Waals surface area contributed by atoms with E-state index >= 15 is 0 Å². The molecule has 5 heteroatoms. The fourth-order valence-corrected chi connectivity index (χ4v) is 0.962. The standard InChI is InChI=1S/C6H10ClN3O/c1-2-11-4-5(7)9-3-10-6(4)8/h3,6H,2,8H2,1H3,(H,9,10). The van der Waals surface area contributed by atoms with Gasteiger partial charge in [-0.1, -0.05) is 11.6 Å². The van der Waals surface area contributed by atoms with Gasteiger partial charge in [0.2, 0.25) is 0 Å². The molecule has 0 saturated carbocycles. The first-order chi connectivity index (χ1) is 5.25. The number of halogens is 1. The van der Waals surface area contributed by atoms with Crippen LogP contribution in [0.3, 0.4) is 0 Å². The second kappa shape index (κ2) is 3.59. The minimum Gasteiger partial charge on any atom is -0.491 e. The molecule has 1 unspecified atom stereocenters. The van der Waals surface area contributed by atoms with Crippen molar-refractivity contribution in [2.45, 2.75) is 13.1 Å². The highest BCUT2D eigenvalue weighted by Gasteiger charge is 2.16. The molecule has 3 N–H and O–H groups in total. The summed E-state index contributed by atoms with van der Waals surface area (Å²) in [5.74, 6) is 0.497. The van der Waals surface area contributed by atoms with Gasteiger partial charge in [-0.15, -0.1) is 0 Å². The third-order valence-electron chi connectivity index (χ3n) is 1.21. The Kier molecular flexibility index (Phi) is 2.73. The van der Waals surface area contributed by atoms with Crippen LogP contribution in [0.5, 0.6) is 0 Å². The van der Waals surface area contributed by atoms with Gasteiger partial charge in [0.15, 0.2) is 11.9 Å². The average Bonchev–Trinajstić information content (AvgIpc) is 1.97. The molecular formula is C6H10ClN3O. The van der Waals surface area contributed by atoms with Crippen LogP contribution in [0.4, 0.5) is 0 Å². The number of hydrogen-bond donors (Lipinski definition) is 2. The minimum atomic E-state index is -0.469. The lowest BCUT2D eigenvalue weighted by atomic mass is 10.4. The van der Waals surface area contributed by atoms with Gasteiger partial charge in [0.1, 0.15) is 5.16 Å². The molecule has 1 heterocycles. The Morgan fingerprint density at radius 1 is 1.91 bits per heavy atom. The number of nitrogens with zero attached hydrogens (tertiary/aromatic N) is 1. The summed E-state index contributed by atoms with van der Waals surface area (Å²) >= 11 is 5.73. The molecule has 1 aliphatic heterocycles. The van der Waals surface area contributed by atoms with Gasteiger partial charge in [0.25, 0.3) is 0 Å². The monoisotopic (exact) mass is 175 g/mol. The maximum absolute atomic E-state index is 5.73. The van der Waals surface area contributed by atoms with Crippen molar-refractivity contribution >= 4 is 17.9 Å². The van der Waals surface area contributed by atoms with Crippen molar-refractivity contribution in [3.05, 3.63) is 10.9 Å². The summed E-state index contributed by atoms with van der Waals surface area (Å²) in [7, 11) is 0. The summed E-state index contributed by atoms with van der Waals surface area (Å²) in [6, 6.07) is 0. The lowest BCUT2D eigenvalue weighted by Crippen LogP contribution is -2.30. The van der Waals surface area contributed by atoms with Crippen molar-refractivity contribution in [2.24, 2.45) is 10.7 Å². The molecule has 0 amide bonds. The van der Waals surface area contributed by atoms with E-state index in [1.807, 2.05) is 6.92 Å². The number of ether oxygens (including phenoxy) is 1. The van der Waals surface area contributed by atoms with Gasteiger partial charge in [-0.25, -0.2) is 4.99 Å². The molecule has 0 radical (unpaired) electrons. The molecular weight excluding hydrogens is 166 g/mol. The van der Waals surface area contributed by atoms with Crippen LogP contribution in [-0.2, 0) is 4.74 Å². The van der Waals surface area contributed by atoms with Crippen LogP contribution in [0.2, 0.25) is 0 Å². The number of nitrogens with two attached hydrogens (primary N) is 1. The molecule has 1 atom stereocenters. The molecule has 0 saturated heterocycles. The van der Waals surface area contributed by atoms with Gasteiger partial charge in [-0.05, 0) is 6.92 Å². The van der Waals surface area contributed by atoms with Crippen LogP contribution < -0.4 is 11.1 Å². The first-order valence-corrected chi connectivity index (χ1v) is 3.69. The normalized spacial score (nSPS) is 23.4.